The summed E-state index contributed by atoms with van der Waals surface area (Å²) in [6, 6.07) is 52.1. The number of benzene rings is 7. The van der Waals surface area contributed by atoms with Crippen molar-refractivity contribution in [2.45, 2.75) is 6.18 Å². The van der Waals surface area contributed by atoms with Gasteiger partial charge < -0.3 is 4.57 Å². The molecule has 54 heavy (non-hydrogen) atoms. The van der Waals surface area contributed by atoms with Crippen LogP contribution in [0.5, 0.6) is 0 Å². The molecule has 0 aliphatic rings. The van der Waals surface area contributed by atoms with E-state index in [1.807, 2.05) is 95.6 Å². The van der Waals surface area contributed by atoms with E-state index in [0.717, 1.165) is 39.5 Å². The smallest absolute Gasteiger partial charge is 0.309 e. The Bertz CT molecular complexity index is 2980. The minimum atomic E-state index is -4.48. The molecule has 258 valence electrons. The van der Waals surface area contributed by atoms with Crippen molar-refractivity contribution in [1.82, 2.24) is 19.5 Å². The molecule has 0 aliphatic carbocycles. The van der Waals surface area contributed by atoms with Crippen molar-refractivity contribution in [3.05, 3.63) is 169 Å². The number of fused-ring (bicyclic) bond motifs is 6. The maximum Gasteiger partial charge on any atom is 0.416 e. The summed E-state index contributed by atoms with van der Waals surface area (Å²) in [6.45, 7) is 0. The number of rotatable bonds is 5. The van der Waals surface area contributed by atoms with Gasteiger partial charge in [0.25, 0.3) is 0 Å². The van der Waals surface area contributed by atoms with Crippen LogP contribution < -0.4 is 0 Å². The summed E-state index contributed by atoms with van der Waals surface area (Å²) < 4.78 is 46.6. The van der Waals surface area contributed by atoms with Crippen molar-refractivity contribution in [1.29, 1.82) is 0 Å². The van der Waals surface area contributed by atoms with Crippen molar-refractivity contribution in [2.75, 3.05) is 0 Å². The Hall–Kier alpha value is -6.64. The zero-order valence-electron chi connectivity index (χ0n) is 28.4. The molecule has 0 aliphatic heterocycles. The van der Waals surface area contributed by atoms with Crippen LogP contribution in [0.4, 0.5) is 13.2 Å². The molecule has 0 saturated carbocycles. The first-order chi connectivity index (χ1) is 26.4. The summed E-state index contributed by atoms with van der Waals surface area (Å²) in [5, 5.41) is 3.57. The molecule has 0 N–H and O–H groups in total. The summed E-state index contributed by atoms with van der Waals surface area (Å²) in [5.74, 6) is 1.47. The fourth-order valence-corrected chi connectivity index (χ4v) is 8.56. The molecule has 7 aromatic carbocycles. The molecule has 0 unspecified atom stereocenters. The van der Waals surface area contributed by atoms with Gasteiger partial charge in [-0.2, -0.15) is 13.2 Å². The normalized spacial score (nSPS) is 12.0. The van der Waals surface area contributed by atoms with Gasteiger partial charge in [0.2, 0.25) is 0 Å². The number of nitrogens with zero attached hydrogens (tertiary/aromatic N) is 4. The van der Waals surface area contributed by atoms with Gasteiger partial charge in [0.05, 0.1) is 22.3 Å². The monoisotopic (exact) mass is 724 g/mol. The highest BCUT2D eigenvalue weighted by atomic mass is 32.1. The van der Waals surface area contributed by atoms with Crippen LogP contribution >= 0.6 is 11.3 Å². The van der Waals surface area contributed by atoms with E-state index in [4.69, 9.17) is 15.0 Å². The first kappa shape index (κ1) is 32.0. The van der Waals surface area contributed by atoms with Gasteiger partial charge in [0.15, 0.2) is 17.5 Å². The molecule has 3 heterocycles. The van der Waals surface area contributed by atoms with E-state index in [1.54, 1.807) is 17.4 Å². The Balaban J connectivity index is 1.30. The van der Waals surface area contributed by atoms with Crippen LogP contribution in [-0.2, 0) is 6.18 Å². The number of thiophene rings is 1. The Morgan fingerprint density at radius 3 is 1.78 bits per heavy atom. The molecule has 3 aromatic heterocycles. The number of para-hydroxylation sites is 1. The van der Waals surface area contributed by atoms with Gasteiger partial charge in [0.1, 0.15) is 0 Å². The zero-order chi connectivity index (χ0) is 36.4. The highest BCUT2D eigenvalue weighted by Gasteiger charge is 2.31. The lowest BCUT2D eigenvalue weighted by Gasteiger charge is -2.17. The van der Waals surface area contributed by atoms with Gasteiger partial charge in [-0.05, 0) is 59.7 Å². The number of halogens is 3. The lowest BCUT2D eigenvalue weighted by atomic mass is 9.96. The Labute approximate surface area is 311 Å². The molecule has 0 amide bonds. The van der Waals surface area contributed by atoms with E-state index in [9.17, 15) is 13.2 Å². The lowest BCUT2D eigenvalue weighted by molar-refractivity contribution is -0.137. The summed E-state index contributed by atoms with van der Waals surface area (Å²) >= 11 is 1.76. The lowest BCUT2D eigenvalue weighted by Crippen LogP contribution is -2.05. The molecule has 10 rings (SSSR count). The topological polar surface area (TPSA) is 43.6 Å². The maximum atomic E-state index is 14.0. The molecule has 0 fully saturated rings. The standard InChI is InChI=1S/C46H27F3N4S/c47-46(48,49)31-23-25-38-35(27-31)33-16-7-9-19-37(33)53(38)39-24-22-30(32-18-11-21-41-42(32)34-17-8-10-20-40(34)54-41)26-36(39)45-51-43(28-12-3-1-4-13-28)50-44(52-45)29-14-5-2-6-15-29/h1-27H. The van der Waals surface area contributed by atoms with Crippen molar-refractivity contribution in [3.63, 3.8) is 0 Å². The fraction of sp³-hybridized carbons (Fsp3) is 0.0217. The number of aromatic nitrogens is 4. The number of hydrogen-bond acceptors (Lipinski definition) is 4. The second-order valence-corrected chi connectivity index (χ2v) is 14.2. The van der Waals surface area contributed by atoms with Gasteiger partial charge in [0, 0.05) is 47.6 Å². The summed E-state index contributed by atoms with van der Waals surface area (Å²) in [6.07, 6.45) is -4.48. The second-order valence-electron chi connectivity index (χ2n) is 13.1. The molecule has 10 aromatic rings. The molecular weight excluding hydrogens is 698 g/mol. The largest absolute Gasteiger partial charge is 0.416 e. The SMILES string of the molecule is FC(F)(F)c1ccc2c(c1)c1ccccc1n2-c1ccc(-c2cccc3sc4ccccc4c23)cc1-c1nc(-c2ccccc2)nc(-c2ccccc2)n1. The first-order valence-corrected chi connectivity index (χ1v) is 18.3. The molecule has 0 spiro atoms. The van der Waals surface area contributed by atoms with E-state index >= 15 is 0 Å². The van der Waals surface area contributed by atoms with E-state index < -0.39 is 11.7 Å². The number of alkyl halides is 3. The van der Waals surface area contributed by atoms with Crippen LogP contribution in [0.25, 0.3) is 93.0 Å². The van der Waals surface area contributed by atoms with Gasteiger partial charge in [-0.1, -0.05) is 115 Å². The average Bonchev–Trinajstić information content (AvgIpc) is 3.76. The molecular formula is C46H27F3N4S. The van der Waals surface area contributed by atoms with Crippen LogP contribution in [0.1, 0.15) is 5.56 Å². The summed E-state index contributed by atoms with van der Waals surface area (Å²) in [7, 11) is 0. The minimum absolute atomic E-state index is 0.444. The third-order valence-corrected chi connectivity index (χ3v) is 11.0. The highest BCUT2D eigenvalue weighted by molar-refractivity contribution is 7.25. The number of hydrogen-bond donors (Lipinski definition) is 0. The van der Waals surface area contributed by atoms with Crippen LogP contribution in [0.2, 0.25) is 0 Å². The van der Waals surface area contributed by atoms with Gasteiger partial charge in [-0.25, -0.2) is 15.0 Å². The van der Waals surface area contributed by atoms with Gasteiger partial charge >= 0.3 is 6.18 Å². The minimum Gasteiger partial charge on any atom is -0.309 e. The maximum absolute atomic E-state index is 14.0. The molecule has 0 saturated heterocycles. The Morgan fingerprint density at radius 2 is 1.06 bits per heavy atom. The summed E-state index contributed by atoms with van der Waals surface area (Å²) in [4.78, 5) is 15.2. The van der Waals surface area contributed by atoms with Crippen LogP contribution in [0.3, 0.4) is 0 Å². The zero-order valence-corrected chi connectivity index (χ0v) is 29.2. The van der Waals surface area contributed by atoms with E-state index in [1.165, 1.54) is 26.2 Å². The van der Waals surface area contributed by atoms with Crippen LogP contribution in [0, 0.1) is 0 Å². The van der Waals surface area contributed by atoms with Crippen LogP contribution in [0.15, 0.2) is 164 Å². The third kappa shape index (κ3) is 5.33. The van der Waals surface area contributed by atoms with Gasteiger partial charge in [-0.15, -0.1) is 11.3 Å². The third-order valence-electron chi connectivity index (χ3n) is 9.89. The molecule has 4 nitrogen and oxygen atoms in total. The average molecular weight is 725 g/mol. The molecule has 0 radical (unpaired) electrons. The first-order valence-electron chi connectivity index (χ1n) is 17.4. The van der Waals surface area contributed by atoms with Gasteiger partial charge in [-0.3, -0.25) is 0 Å². The van der Waals surface area contributed by atoms with Crippen molar-refractivity contribution in [2.24, 2.45) is 0 Å². The van der Waals surface area contributed by atoms with Crippen molar-refractivity contribution in [3.8, 4) is 51.0 Å². The summed E-state index contributed by atoms with van der Waals surface area (Å²) in [5.41, 5.74) is 5.87. The highest BCUT2D eigenvalue weighted by Crippen LogP contribution is 2.43. The van der Waals surface area contributed by atoms with E-state index in [0.29, 0.717) is 39.3 Å². The van der Waals surface area contributed by atoms with Crippen molar-refractivity contribution >= 4 is 53.3 Å². The Kier molecular flexibility index (Phi) is 7.42. The van der Waals surface area contributed by atoms with Crippen molar-refractivity contribution < 1.29 is 13.2 Å². The molecule has 0 bridgehead atoms. The molecule has 8 heteroatoms. The van der Waals surface area contributed by atoms with E-state index in [-0.39, 0.29) is 0 Å². The van der Waals surface area contributed by atoms with Crippen LogP contribution in [-0.4, -0.2) is 19.5 Å². The van der Waals surface area contributed by atoms with E-state index in [2.05, 4.69) is 54.6 Å². The molecule has 0 atom stereocenters. The second kappa shape index (κ2) is 12.5. The quantitative estimate of drug-likeness (QED) is 0.177. The fourth-order valence-electron chi connectivity index (χ4n) is 7.43. The predicted molar refractivity (Wildman–Crippen MR) is 214 cm³/mol. The Morgan fingerprint density at radius 1 is 0.444 bits per heavy atom. The predicted octanol–water partition coefficient (Wildman–Crippen LogP) is 13.0.